The Morgan fingerprint density at radius 3 is 2.45 bits per heavy atom. The van der Waals surface area contributed by atoms with E-state index in [1.807, 2.05) is 0 Å². The summed E-state index contributed by atoms with van der Waals surface area (Å²) in [7, 11) is -3.51. The van der Waals surface area contributed by atoms with Crippen LogP contribution in [0.2, 0.25) is 0 Å². The van der Waals surface area contributed by atoms with Crippen molar-refractivity contribution in [3.05, 3.63) is 0 Å². The zero-order valence-corrected chi connectivity index (χ0v) is 12.7. The van der Waals surface area contributed by atoms with Gasteiger partial charge in [0, 0.05) is 0 Å². The summed E-state index contributed by atoms with van der Waals surface area (Å²) in [4.78, 5) is 22.9. The highest BCUT2D eigenvalue weighted by Crippen LogP contribution is 2.13. The molecule has 9 heteroatoms. The fraction of sp³-hybridized carbons (Fsp3) is 0.818. The molecule has 1 saturated heterocycles. The maximum Gasteiger partial charge on any atom is 0.408 e. The molecule has 1 aliphatic heterocycles. The van der Waals surface area contributed by atoms with Gasteiger partial charge in [-0.1, -0.05) is 0 Å². The molecule has 2 amide bonds. The van der Waals surface area contributed by atoms with Gasteiger partial charge in [0.05, 0.1) is 18.9 Å². The van der Waals surface area contributed by atoms with Crippen LogP contribution in [-0.2, 0) is 23.8 Å². The van der Waals surface area contributed by atoms with Gasteiger partial charge in [-0.05, 0) is 27.2 Å². The smallest absolute Gasteiger partial charge is 0.408 e. The predicted octanol–water partition coefficient (Wildman–Crippen LogP) is -0.256. The van der Waals surface area contributed by atoms with Gasteiger partial charge < -0.3 is 15.4 Å². The van der Waals surface area contributed by atoms with Crippen LogP contribution in [0.1, 0.15) is 27.2 Å². The number of β-lactam (4-membered cyclic amide) rings is 1. The number of hydrogen-bond donors (Lipinski definition) is 2. The average molecular weight is 308 g/mol. The molecule has 0 aliphatic carbocycles. The van der Waals surface area contributed by atoms with Crippen LogP contribution in [0, 0.1) is 0 Å². The van der Waals surface area contributed by atoms with Crippen molar-refractivity contribution in [2.75, 3.05) is 12.9 Å². The van der Waals surface area contributed by atoms with Crippen molar-refractivity contribution in [2.24, 2.45) is 0 Å². The predicted molar refractivity (Wildman–Crippen MR) is 70.5 cm³/mol. The highest BCUT2D eigenvalue weighted by atomic mass is 32.2. The molecule has 0 saturated carbocycles. The molecular weight excluding hydrogens is 288 g/mol. The monoisotopic (exact) mass is 308 g/mol. The lowest BCUT2D eigenvalue weighted by atomic mass is 9.96. The summed E-state index contributed by atoms with van der Waals surface area (Å²) in [5.74, 6) is -0.333. The molecule has 2 atom stereocenters. The van der Waals surface area contributed by atoms with E-state index in [2.05, 4.69) is 14.8 Å². The second-order valence-corrected chi connectivity index (χ2v) is 7.20. The van der Waals surface area contributed by atoms with Crippen LogP contribution < -0.4 is 10.6 Å². The number of nitrogens with one attached hydrogen (secondary N) is 2. The summed E-state index contributed by atoms with van der Waals surface area (Å²) in [6.07, 6.45) is 0.536. The van der Waals surface area contributed by atoms with Gasteiger partial charge in [-0.25, -0.2) is 4.79 Å². The molecule has 2 N–H and O–H groups in total. The highest BCUT2D eigenvalue weighted by Gasteiger charge is 2.40. The minimum Gasteiger partial charge on any atom is -0.444 e. The lowest BCUT2D eigenvalue weighted by Crippen LogP contribution is -2.69. The molecule has 0 radical (unpaired) electrons. The lowest BCUT2D eigenvalue weighted by Gasteiger charge is -2.37. The van der Waals surface area contributed by atoms with Crippen LogP contribution in [0.15, 0.2) is 0 Å². The number of alkyl carbamates (subject to hydrolysis) is 1. The molecule has 1 rings (SSSR count). The molecule has 0 bridgehead atoms. The van der Waals surface area contributed by atoms with Gasteiger partial charge in [0.1, 0.15) is 11.6 Å². The van der Waals surface area contributed by atoms with Crippen LogP contribution >= 0.6 is 0 Å². The van der Waals surface area contributed by atoms with Gasteiger partial charge in [0.2, 0.25) is 5.91 Å². The van der Waals surface area contributed by atoms with Crippen LogP contribution in [-0.4, -0.2) is 51.0 Å². The van der Waals surface area contributed by atoms with Crippen LogP contribution in [0.25, 0.3) is 0 Å². The van der Waals surface area contributed by atoms with Gasteiger partial charge >= 0.3 is 6.09 Å². The quantitative estimate of drug-likeness (QED) is 0.535. The number of amides is 2. The SMILES string of the molecule is CC(C)(C)OC(=O)N[C@H]1C(=O)N[C@H]1CCOS(C)(=O)=O. The summed E-state index contributed by atoms with van der Waals surface area (Å²) >= 11 is 0. The van der Waals surface area contributed by atoms with E-state index >= 15 is 0 Å². The van der Waals surface area contributed by atoms with Crippen molar-refractivity contribution >= 4 is 22.1 Å². The Labute approximate surface area is 118 Å². The summed E-state index contributed by atoms with van der Waals surface area (Å²) in [5, 5.41) is 5.01. The topological polar surface area (TPSA) is 111 Å². The molecule has 1 aliphatic rings. The molecule has 0 aromatic carbocycles. The summed E-state index contributed by atoms with van der Waals surface area (Å²) in [6, 6.07) is -1.09. The maximum absolute atomic E-state index is 11.5. The Morgan fingerprint density at radius 2 is 2.00 bits per heavy atom. The second kappa shape index (κ2) is 5.96. The Balaban J connectivity index is 2.40. The third kappa shape index (κ3) is 5.74. The zero-order valence-electron chi connectivity index (χ0n) is 11.9. The molecule has 116 valence electrons. The van der Waals surface area contributed by atoms with Gasteiger partial charge in [-0.2, -0.15) is 8.42 Å². The number of hydrogen-bond acceptors (Lipinski definition) is 6. The summed E-state index contributed by atoms with van der Waals surface area (Å²) < 4.78 is 31.2. The number of rotatable bonds is 5. The molecule has 0 unspecified atom stereocenters. The zero-order chi connectivity index (χ0) is 15.6. The molecule has 0 spiro atoms. The highest BCUT2D eigenvalue weighted by molar-refractivity contribution is 7.85. The second-order valence-electron chi connectivity index (χ2n) is 5.55. The van der Waals surface area contributed by atoms with Crippen molar-refractivity contribution in [3.8, 4) is 0 Å². The fourth-order valence-corrected chi connectivity index (χ4v) is 2.01. The maximum atomic E-state index is 11.5. The van der Waals surface area contributed by atoms with E-state index in [1.165, 1.54) is 0 Å². The minimum absolute atomic E-state index is 0.0592. The van der Waals surface area contributed by atoms with E-state index in [1.54, 1.807) is 20.8 Å². The first-order valence-electron chi connectivity index (χ1n) is 6.12. The van der Waals surface area contributed by atoms with Gasteiger partial charge in [-0.15, -0.1) is 0 Å². The van der Waals surface area contributed by atoms with Crippen LogP contribution in [0.3, 0.4) is 0 Å². The molecule has 8 nitrogen and oxygen atoms in total. The Morgan fingerprint density at radius 1 is 1.40 bits per heavy atom. The number of ether oxygens (including phenoxy) is 1. The van der Waals surface area contributed by atoms with Crippen molar-refractivity contribution in [2.45, 2.75) is 44.9 Å². The van der Waals surface area contributed by atoms with Gasteiger partial charge in [0.25, 0.3) is 10.1 Å². The largest absolute Gasteiger partial charge is 0.444 e. The van der Waals surface area contributed by atoms with Crippen molar-refractivity contribution in [1.82, 2.24) is 10.6 Å². The first-order chi connectivity index (χ1) is 8.98. The van der Waals surface area contributed by atoms with E-state index in [0.717, 1.165) is 6.26 Å². The van der Waals surface area contributed by atoms with E-state index in [4.69, 9.17) is 4.74 Å². The van der Waals surface area contributed by atoms with Crippen molar-refractivity contribution < 1.29 is 26.9 Å². The van der Waals surface area contributed by atoms with Crippen LogP contribution in [0.4, 0.5) is 4.79 Å². The minimum atomic E-state index is -3.51. The normalized spacial score (nSPS) is 22.7. The summed E-state index contributed by atoms with van der Waals surface area (Å²) in [5.41, 5.74) is -0.654. The third-order valence-electron chi connectivity index (χ3n) is 2.41. The van der Waals surface area contributed by atoms with E-state index < -0.39 is 27.9 Å². The van der Waals surface area contributed by atoms with E-state index in [0.29, 0.717) is 0 Å². The molecule has 0 aromatic rings. The van der Waals surface area contributed by atoms with E-state index in [9.17, 15) is 18.0 Å². The number of carbonyl (C=O) groups is 2. The Kier molecular flexibility index (Phi) is 4.98. The Hall–Kier alpha value is -1.35. The average Bonchev–Trinajstić information content (AvgIpc) is 2.21. The van der Waals surface area contributed by atoms with Gasteiger partial charge in [-0.3, -0.25) is 8.98 Å². The summed E-state index contributed by atoms with van der Waals surface area (Å²) in [6.45, 7) is 5.08. The molecule has 20 heavy (non-hydrogen) atoms. The molecule has 1 heterocycles. The number of carbonyl (C=O) groups excluding carboxylic acids is 2. The fourth-order valence-electron chi connectivity index (χ4n) is 1.61. The lowest BCUT2D eigenvalue weighted by molar-refractivity contribution is -0.132. The molecular formula is C11H20N2O6S. The standard InChI is InChI=1S/C11H20N2O6S/c1-11(2,3)19-10(15)13-8-7(12-9(8)14)5-6-18-20(4,16)17/h7-8H,5-6H2,1-4H3,(H,12,14)(H,13,15)/t7-,8+/m0/s1. The molecule has 0 aromatic heterocycles. The third-order valence-corrected chi connectivity index (χ3v) is 3.01. The van der Waals surface area contributed by atoms with Crippen molar-refractivity contribution in [3.63, 3.8) is 0 Å². The first kappa shape index (κ1) is 16.7. The Bertz CT molecular complexity index is 482. The van der Waals surface area contributed by atoms with Crippen LogP contribution in [0.5, 0.6) is 0 Å². The van der Waals surface area contributed by atoms with Crippen molar-refractivity contribution in [1.29, 1.82) is 0 Å². The first-order valence-corrected chi connectivity index (χ1v) is 7.94. The molecule has 1 fully saturated rings. The van der Waals surface area contributed by atoms with Gasteiger partial charge in [0.15, 0.2) is 0 Å². The van der Waals surface area contributed by atoms with E-state index in [-0.39, 0.29) is 25.0 Å².